The molecule has 1 heterocycles. The van der Waals surface area contributed by atoms with Crippen LogP contribution in [0.4, 0.5) is 11.4 Å². The van der Waals surface area contributed by atoms with E-state index in [-0.39, 0.29) is 5.54 Å². The van der Waals surface area contributed by atoms with Crippen LogP contribution >= 0.6 is 11.3 Å². The van der Waals surface area contributed by atoms with E-state index < -0.39 is 0 Å². The van der Waals surface area contributed by atoms with Crippen LogP contribution in [0, 0.1) is 6.92 Å². The van der Waals surface area contributed by atoms with Crippen LogP contribution in [0.25, 0.3) is 54.1 Å². The van der Waals surface area contributed by atoms with Crippen molar-refractivity contribution in [2.45, 2.75) is 25.8 Å². The summed E-state index contributed by atoms with van der Waals surface area (Å²) in [6.07, 6.45) is 14.0. The van der Waals surface area contributed by atoms with E-state index in [0.717, 1.165) is 17.8 Å². The van der Waals surface area contributed by atoms with Crippen molar-refractivity contribution in [3.05, 3.63) is 193 Å². The Balaban J connectivity index is 1.16. The Morgan fingerprint density at radius 2 is 1.32 bits per heavy atom. The van der Waals surface area contributed by atoms with Crippen LogP contribution in [0.15, 0.2) is 176 Å². The number of thiophene rings is 1. The number of allylic oxidation sites excluding steroid dienone is 4. The lowest BCUT2D eigenvalue weighted by atomic mass is 9.85. The van der Waals surface area contributed by atoms with E-state index in [4.69, 9.17) is 0 Å². The van der Waals surface area contributed by atoms with Crippen LogP contribution in [0.1, 0.15) is 30.0 Å². The molecule has 1 aromatic heterocycles. The molecule has 1 aliphatic carbocycles. The van der Waals surface area contributed by atoms with Gasteiger partial charge >= 0.3 is 0 Å². The van der Waals surface area contributed by atoms with Gasteiger partial charge in [0.1, 0.15) is 0 Å². The summed E-state index contributed by atoms with van der Waals surface area (Å²) in [5, 5.41) is 2.65. The minimum Gasteiger partial charge on any atom is -0.332 e. The van der Waals surface area contributed by atoms with Gasteiger partial charge in [-0.2, -0.15) is 0 Å². The molecular formula is C48H39NS. The fourth-order valence-electron chi connectivity index (χ4n) is 7.18. The highest BCUT2D eigenvalue weighted by Crippen LogP contribution is 2.42. The summed E-state index contributed by atoms with van der Waals surface area (Å²) in [6.45, 7) is 8.41. The Morgan fingerprint density at radius 1 is 0.640 bits per heavy atom. The number of hydrogen-bond donors (Lipinski definition) is 0. The molecule has 0 spiro atoms. The van der Waals surface area contributed by atoms with Gasteiger partial charge in [0, 0.05) is 31.5 Å². The number of anilines is 2. The van der Waals surface area contributed by atoms with Gasteiger partial charge in [0.25, 0.3) is 0 Å². The molecular weight excluding hydrogens is 623 g/mol. The summed E-state index contributed by atoms with van der Waals surface area (Å²) in [7, 11) is 0. The first-order valence-corrected chi connectivity index (χ1v) is 18.1. The third kappa shape index (κ3) is 6.04. The molecule has 242 valence electrons. The highest BCUT2D eigenvalue weighted by atomic mass is 32.1. The second kappa shape index (κ2) is 13.3. The molecule has 1 nitrogen and oxygen atoms in total. The molecule has 2 heteroatoms. The minimum atomic E-state index is -0.286. The SMILES string of the molecule is C=C/C=C\c1cc(N(c2ccc(-c3ccc4sc5ccccc5c4c3)cc2)[C@@]2(C)C=CC(c3cccc(-c4ccccc4)c3)=CC2)ccc1C. The third-order valence-electron chi connectivity index (χ3n) is 9.94. The lowest BCUT2D eigenvalue weighted by Gasteiger charge is -2.42. The van der Waals surface area contributed by atoms with E-state index in [0.29, 0.717) is 0 Å². The van der Waals surface area contributed by atoms with Gasteiger partial charge in [0.05, 0.1) is 5.54 Å². The Kier molecular flexibility index (Phi) is 8.40. The van der Waals surface area contributed by atoms with Gasteiger partial charge in [-0.15, -0.1) is 11.3 Å². The number of hydrogen-bond acceptors (Lipinski definition) is 2. The molecule has 0 N–H and O–H groups in total. The van der Waals surface area contributed by atoms with E-state index in [1.54, 1.807) is 0 Å². The van der Waals surface area contributed by atoms with Crippen molar-refractivity contribution in [3.63, 3.8) is 0 Å². The highest BCUT2D eigenvalue weighted by Gasteiger charge is 2.32. The summed E-state index contributed by atoms with van der Waals surface area (Å²) >= 11 is 1.86. The van der Waals surface area contributed by atoms with Crippen molar-refractivity contribution in [2.75, 3.05) is 4.90 Å². The molecule has 0 bridgehead atoms. The van der Waals surface area contributed by atoms with Gasteiger partial charge in [-0.1, -0.05) is 134 Å². The number of fused-ring (bicyclic) bond motifs is 3. The molecule has 0 radical (unpaired) electrons. The van der Waals surface area contributed by atoms with Gasteiger partial charge < -0.3 is 4.90 Å². The predicted octanol–water partition coefficient (Wildman–Crippen LogP) is 13.8. The molecule has 8 rings (SSSR count). The summed E-state index contributed by atoms with van der Waals surface area (Å²) in [4.78, 5) is 2.50. The molecule has 0 aliphatic heterocycles. The summed E-state index contributed by atoms with van der Waals surface area (Å²) in [6, 6.07) is 51.0. The highest BCUT2D eigenvalue weighted by molar-refractivity contribution is 7.25. The molecule has 0 unspecified atom stereocenters. The van der Waals surface area contributed by atoms with Crippen LogP contribution in [0.5, 0.6) is 0 Å². The van der Waals surface area contributed by atoms with Crippen LogP contribution in [0.2, 0.25) is 0 Å². The zero-order chi connectivity index (χ0) is 34.1. The standard InChI is InChI=1S/C48H39NS/c1-4-5-12-38-32-43(23-19-34(38)2)49(48(3)29-27-37(28-30-48)40-16-11-15-39(31-40)35-13-7-6-8-14-35)42-24-20-36(21-25-42)41-22-26-47-45(33-41)44-17-9-10-18-46(44)50-47/h4-29,31-33H,1,30H2,2-3H3/b12-5-/t48-/m0/s1. The van der Waals surface area contributed by atoms with Gasteiger partial charge in [0.2, 0.25) is 0 Å². The average Bonchev–Trinajstić information content (AvgIpc) is 3.54. The van der Waals surface area contributed by atoms with Crippen molar-refractivity contribution in [1.29, 1.82) is 0 Å². The van der Waals surface area contributed by atoms with Gasteiger partial charge in [-0.25, -0.2) is 0 Å². The van der Waals surface area contributed by atoms with Crippen molar-refractivity contribution in [3.8, 4) is 22.3 Å². The fourth-order valence-corrected chi connectivity index (χ4v) is 8.26. The zero-order valence-corrected chi connectivity index (χ0v) is 29.3. The minimum absolute atomic E-state index is 0.286. The molecule has 7 aromatic rings. The third-order valence-corrected chi connectivity index (χ3v) is 11.1. The summed E-state index contributed by atoms with van der Waals surface area (Å²) in [5.41, 5.74) is 11.9. The monoisotopic (exact) mass is 661 g/mol. The lowest BCUT2D eigenvalue weighted by molar-refractivity contribution is 0.571. The Morgan fingerprint density at radius 3 is 2.12 bits per heavy atom. The van der Waals surface area contributed by atoms with Crippen LogP contribution in [0.3, 0.4) is 0 Å². The van der Waals surface area contributed by atoms with E-state index in [2.05, 4.69) is 189 Å². The van der Waals surface area contributed by atoms with E-state index in [9.17, 15) is 0 Å². The second-order valence-corrected chi connectivity index (χ2v) is 14.4. The molecule has 0 fully saturated rings. The molecule has 0 saturated carbocycles. The van der Waals surface area contributed by atoms with Gasteiger partial charge in [0.15, 0.2) is 0 Å². The van der Waals surface area contributed by atoms with Gasteiger partial charge in [-0.05, 0) is 113 Å². The number of benzene rings is 6. The quantitative estimate of drug-likeness (QED) is 0.147. The fraction of sp³-hybridized carbons (Fsp3) is 0.0833. The average molecular weight is 662 g/mol. The van der Waals surface area contributed by atoms with Crippen molar-refractivity contribution in [2.24, 2.45) is 0 Å². The molecule has 0 saturated heterocycles. The van der Waals surface area contributed by atoms with Crippen LogP contribution in [-0.2, 0) is 0 Å². The predicted molar refractivity (Wildman–Crippen MR) is 219 cm³/mol. The summed E-state index contributed by atoms with van der Waals surface area (Å²) < 4.78 is 2.66. The first-order chi connectivity index (χ1) is 24.5. The maximum atomic E-state index is 3.90. The van der Waals surface area contributed by atoms with Crippen LogP contribution < -0.4 is 4.90 Å². The maximum Gasteiger partial charge on any atom is 0.0643 e. The summed E-state index contributed by atoms with van der Waals surface area (Å²) in [5.74, 6) is 0. The van der Waals surface area contributed by atoms with Crippen LogP contribution in [-0.4, -0.2) is 5.54 Å². The topological polar surface area (TPSA) is 3.24 Å². The molecule has 1 aliphatic rings. The first-order valence-electron chi connectivity index (χ1n) is 17.3. The molecule has 50 heavy (non-hydrogen) atoms. The largest absolute Gasteiger partial charge is 0.332 e. The molecule has 1 atom stereocenters. The van der Waals surface area contributed by atoms with E-state index >= 15 is 0 Å². The number of rotatable bonds is 8. The second-order valence-electron chi connectivity index (χ2n) is 13.3. The van der Waals surface area contributed by atoms with Crippen molar-refractivity contribution >= 4 is 54.5 Å². The number of nitrogens with zero attached hydrogens (tertiary/aromatic N) is 1. The number of aryl methyl sites for hydroxylation is 1. The van der Waals surface area contributed by atoms with E-state index in [1.165, 1.54) is 64.7 Å². The Bertz CT molecular complexity index is 2440. The smallest absolute Gasteiger partial charge is 0.0643 e. The molecule has 0 amide bonds. The first kappa shape index (κ1) is 31.6. The maximum absolute atomic E-state index is 3.90. The zero-order valence-electron chi connectivity index (χ0n) is 28.5. The van der Waals surface area contributed by atoms with E-state index in [1.807, 2.05) is 23.5 Å². The Labute approximate surface area is 299 Å². The molecule has 6 aromatic carbocycles. The normalized spacial score (nSPS) is 15.8. The van der Waals surface area contributed by atoms with Gasteiger partial charge in [-0.3, -0.25) is 0 Å². The van der Waals surface area contributed by atoms with Crippen molar-refractivity contribution < 1.29 is 0 Å². The Hall–Kier alpha value is -5.70. The lowest BCUT2D eigenvalue weighted by Crippen LogP contribution is -2.42. The van der Waals surface area contributed by atoms with Crippen molar-refractivity contribution in [1.82, 2.24) is 0 Å².